The summed E-state index contributed by atoms with van der Waals surface area (Å²) in [5.41, 5.74) is 6.79. The molecule has 0 aliphatic heterocycles. The number of ether oxygens (including phenoxy) is 3. The summed E-state index contributed by atoms with van der Waals surface area (Å²) in [7, 11) is 1.63. The fraction of sp³-hybridized carbons (Fsp3) is 0.643. The maximum absolute atomic E-state index is 11.9. The van der Waals surface area contributed by atoms with Crippen molar-refractivity contribution in [2.45, 2.75) is 26.3 Å². The van der Waals surface area contributed by atoms with E-state index in [1.165, 1.54) is 0 Å². The van der Waals surface area contributed by atoms with Crippen LogP contribution in [0.3, 0.4) is 0 Å². The lowest BCUT2D eigenvalue weighted by Gasteiger charge is -2.08. The van der Waals surface area contributed by atoms with Crippen molar-refractivity contribution in [1.82, 2.24) is 4.57 Å². The van der Waals surface area contributed by atoms with Gasteiger partial charge in [-0.1, -0.05) is 6.92 Å². The lowest BCUT2D eigenvalue weighted by molar-refractivity contribution is 0.0376. The van der Waals surface area contributed by atoms with Gasteiger partial charge in [0.05, 0.1) is 25.5 Å². The Balaban J connectivity index is 2.28. The summed E-state index contributed by atoms with van der Waals surface area (Å²) in [5, 5.41) is 0. The predicted octanol–water partition coefficient (Wildman–Crippen LogP) is 1.69. The molecule has 0 atom stereocenters. The molecule has 20 heavy (non-hydrogen) atoms. The Morgan fingerprint density at radius 1 is 1.30 bits per heavy atom. The van der Waals surface area contributed by atoms with E-state index in [0.717, 1.165) is 13.0 Å². The van der Waals surface area contributed by atoms with Crippen molar-refractivity contribution < 1.29 is 19.0 Å². The van der Waals surface area contributed by atoms with Crippen molar-refractivity contribution >= 4 is 11.7 Å². The number of rotatable bonds is 10. The monoisotopic (exact) mass is 284 g/mol. The molecule has 1 heterocycles. The Hall–Kier alpha value is -1.53. The molecule has 1 aromatic heterocycles. The highest BCUT2D eigenvalue weighted by atomic mass is 16.5. The van der Waals surface area contributed by atoms with Gasteiger partial charge in [-0.15, -0.1) is 0 Å². The van der Waals surface area contributed by atoms with E-state index in [1.807, 2.05) is 11.5 Å². The van der Waals surface area contributed by atoms with Crippen molar-refractivity contribution in [3.05, 3.63) is 18.0 Å². The molecule has 0 saturated heterocycles. The summed E-state index contributed by atoms with van der Waals surface area (Å²) < 4.78 is 17.2. The third-order valence-corrected chi connectivity index (χ3v) is 2.69. The third-order valence-electron chi connectivity index (χ3n) is 2.69. The van der Waals surface area contributed by atoms with Gasteiger partial charge in [-0.05, 0) is 12.5 Å². The van der Waals surface area contributed by atoms with Gasteiger partial charge in [0.25, 0.3) is 0 Å². The number of aryl methyl sites for hydroxylation is 1. The molecule has 0 fully saturated rings. The Bertz CT molecular complexity index is 404. The Morgan fingerprint density at radius 2 is 2.10 bits per heavy atom. The number of carbonyl (C=O) groups is 1. The van der Waals surface area contributed by atoms with Crippen molar-refractivity contribution in [3.63, 3.8) is 0 Å². The number of esters is 1. The van der Waals surface area contributed by atoms with Gasteiger partial charge in [0.1, 0.15) is 5.69 Å². The van der Waals surface area contributed by atoms with Crippen molar-refractivity contribution in [3.8, 4) is 0 Å². The van der Waals surface area contributed by atoms with Crippen LogP contribution in [0.25, 0.3) is 0 Å². The van der Waals surface area contributed by atoms with Crippen molar-refractivity contribution in [1.29, 1.82) is 0 Å². The molecule has 0 aromatic carbocycles. The van der Waals surface area contributed by atoms with E-state index in [-0.39, 0.29) is 5.97 Å². The van der Waals surface area contributed by atoms with E-state index in [2.05, 4.69) is 0 Å². The molecule has 114 valence electrons. The summed E-state index contributed by atoms with van der Waals surface area (Å²) in [6.07, 6.45) is 3.36. The van der Waals surface area contributed by atoms with Crippen LogP contribution in [0.5, 0.6) is 0 Å². The molecule has 0 aliphatic carbocycles. The second-order valence-electron chi connectivity index (χ2n) is 4.45. The molecule has 0 amide bonds. The Kier molecular flexibility index (Phi) is 7.75. The Labute approximate surface area is 119 Å². The lowest BCUT2D eigenvalue weighted by atomic mass is 10.4. The van der Waals surface area contributed by atoms with Crippen LogP contribution in [0.1, 0.15) is 30.3 Å². The number of nitrogens with zero attached hydrogens (tertiary/aromatic N) is 1. The second-order valence-corrected chi connectivity index (χ2v) is 4.45. The molecule has 6 heteroatoms. The minimum Gasteiger partial charge on any atom is -0.461 e. The number of anilines is 1. The molecule has 6 nitrogen and oxygen atoms in total. The van der Waals surface area contributed by atoms with Crippen LogP contribution < -0.4 is 5.73 Å². The first-order chi connectivity index (χ1) is 9.69. The van der Waals surface area contributed by atoms with Gasteiger partial charge in [0.2, 0.25) is 0 Å². The van der Waals surface area contributed by atoms with Gasteiger partial charge in [-0.2, -0.15) is 0 Å². The molecule has 1 aromatic rings. The zero-order chi connectivity index (χ0) is 14.8. The topological polar surface area (TPSA) is 75.7 Å². The van der Waals surface area contributed by atoms with Gasteiger partial charge in [-0.25, -0.2) is 4.79 Å². The summed E-state index contributed by atoms with van der Waals surface area (Å²) >= 11 is 0. The normalized spacial score (nSPS) is 10.7. The quantitative estimate of drug-likeness (QED) is 0.522. The molecule has 0 radical (unpaired) electrons. The summed E-state index contributed by atoms with van der Waals surface area (Å²) in [4.78, 5) is 11.9. The molecule has 0 bridgehead atoms. The maximum atomic E-state index is 11.9. The first-order valence-electron chi connectivity index (χ1n) is 6.88. The number of nitrogen functional groups attached to an aromatic ring is 1. The zero-order valence-electron chi connectivity index (χ0n) is 12.3. The molecule has 1 rings (SSSR count). The average Bonchev–Trinajstić information content (AvgIpc) is 2.79. The first kappa shape index (κ1) is 16.5. The lowest BCUT2D eigenvalue weighted by Crippen LogP contribution is -2.13. The molecule has 2 N–H and O–H groups in total. The minimum absolute atomic E-state index is 0.336. The molecule has 0 aliphatic rings. The zero-order valence-corrected chi connectivity index (χ0v) is 12.3. The Morgan fingerprint density at radius 3 is 2.80 bits per heavy atom. The van der Waals surface area contributed by atoms with E-state index in [4.69, 9.17) is 19.9 Å². The number of carbonyl (C=O) groups excluding carboxylic acids is 1. The molecule has 0 spiro atoms. The maximum Gasteiger partial charge on any atom is 0.355 e. The number of hydrogen-bond acceptors (Lipinski definition) is 5. The number of hydrogen-bond donors (Lipinski definition) is 1. The minimum atomic E-state index is -0.341. The van der Waals surface area contributed by atoms with Gasteiger partial charge in [0, 0.05) is 32.9 Å². The van der Waals surface area contributed by atoms with E-state index in [9.17, 15) is 4.79 Å². The standard InChI is InChI=1S/C14H24N2O4/c1-3-5-16-11-12(15)10-13(16)14(17)20-7-4-6-19-9-8-18-2/h10-11H,3-9,15H2,1-2H3. The summed E-state index contributed by atoms with van der Waals surface area (Å²) in [5.74, 6) is -0.341. The second kappa shape index (κ2) is 9.39. The summed E-state index contributed by atoms with van der Waals surface area (Å²) in [6.45, 7) is 4.81. The van der Waals surface area contributed by atoms with Gasteiger partial charge in [-0.3, -0.25) is 0 Å². The SMILES string of the molecule is CCCn1cc(N)cc1C(=O)OCCCOCCOC. The van der Waals surface area contributed by atoms with Gasteiger partial charge < -0.3 is 24.5 Å². The van der Waals surface area contributed by atoms with Crippen molar-refractivity contribution in [2.75, 3.05) is 39.3 Å². The van der Waals surface area contributed by atoms with E-state index < -0.39 is 0 Å². The molecule has 0 unspecified atom stereocenters. The van der Waals surface area contributed by atoms with Gasteiger partial charge in [0.15, 0.2) is 0 Å². The number of aromatic nitrogens is 1. The van der Waals surface area contributed by atoms with E-state index >= 15 is 0 Å². The van der Waals surface area contributed by atoms with Gasteiger partial charge >= 0.3 is 5.97 Å². The van der Waals surface area contributed by atoms with Crippen LogP contribution in [-0.4, -0.2) is 44.1 Å². The van der Waals surface area contributed by atoms with E-state index in [1.54, 1.807) is 19.4 Å². The predicted molar refractivity (Wildman–Crippen MR) is 76.7 cm³/mol. The van der Waals surface area contributed by atoms with Crippen LogP contribution >= 0.6 is 0 Å². The molecular formula is C14H24N2O4. The fourth-order valence-electron chi connectivity index (χ4n) is 1.77. The largest absolute Gasteiger partial charge is 0.461 e. The smallest absolute Gasteiger partial charge is 0.355 e. The molecule has 0 saturated carbocycles. The number of nitrogens with two attached hydrogens (primary N) is 1. The van der Waals surface area contributed by atoms with Crippen LogP contribution in [0.15, 0.2) is 12.3 Å². The van der Waals surface area contributed by atoms with Crippen molar-refractivity contribution in [2.24, 2.45) is 0 Å². The van der Waals surface area contributed by atoms with E-state index in [0.29, 0.717) is 44.2 Å². The molecular weight excluding hydrogens is 260 g/mol. The summed E-state index contributed by atoms with van der Waals surface area (Å²) in [6, 6.07) is 1.65. The number of methoxy groups -OCH3 is 1. The first-order valence-corrected chi connectivity index (χ1v) is 6.88. The highest BCUT2D eigenvalue weighted by molar-refractivity contribution is 5.89. The third kappa shape index (κ3) is 5.63. The van der Waals surface area contributed by atoms with Crippen LogP contribution in [-0.2, 0) is 20.8 Å². The van der Waals surface area contributed by atoms with Crippen LogP contribution in [0.2, 0.25) is 0 Å². The van der Waals surface area contributed by atoms with Crippen LogP contribution in [0.4, 0.5) is 5.69 Å². The fourth-order valence-corrected chi connectivity index (χ4v) is 1.77. The van der Waals surface area contributed by atoms with Crippen LogP contribution in [0, 0.1) is 0 Å². The highest BCUT2D eigenvalue weighted by Crippen LogP contribution is 2.12. The average molecular weight is 284 g/mol. The highest BCUT2D eigenvalue weighted by Gasteiger charge is 2.13.